The molecule has 0 heterocycles. The van der Waals surface area contributed by atoms with E-state index in [1.165, 1.54) is 0 Å². The first-order valence-electron chi connectivity index (χ1n) is 12.9. The van der Waals surface area contributed by atoms with Crippen molar-refractivity contribution in [2.45, 2.75) is 90.5 Å². The Balaban J connectivity index is 2.03. The van der Waals surface area contributed by atoms with Crippen LogP contribution in [0.2, 0.25) is 18.1 Å². The third-order valence-corrected chi connectivity index (χ3v) is 13.5. The summed E-state index contributed by atoms with van der Waals surface area (Å²) in [5, 5.41) is 0.0267. The number of methoxy groups -OCH3 is 1. The maximum Gasteiger partial charge on any atom is 0.193 e. The van der Waals surface area contributed by atoms with Gasteiger partial charge in [0.25, 0.3) is 0 Å². The lowest BCUT2D eigenvalue weighted by Crippen LogP contribution is -2.65. The van der Waals surface area contributed by atoms with Gasteiger partial charge in [-0.05, 0) is 49.9 Å². The van der Waals surface area contributed by atoms with Crippen molar-refractivity contribution in [1.82, 2.24) is 0 Å². The van der Waals surface area contributed by atoms with Crippen molar-refractivity contribution in [3.05, 3.63) is 48.0 Å². The second-order valence-electron chi connectivity index (χ2n) is 12.4. The van der Waals surface area contributed by atoms with Gasteiger partial charge in [0.2, 0.25) is 0 Å². The summed E-state index contributed by atoms with van der Waals surface area (Å²) >= 11 is 0. The monoisotopic (exact) mass is 502 g/mol. The molecule has 1 aromatic rings. The number of benzene rings is 1. The van der Waals surface area contributed by atoms with Gasteiger partial charge in [0.15, 0.2) is 8.32 Å². The van der Waals surface area contributed by atoms with Crippen LogP contribution in [0.4, 0.5) is 0 Å². The van der Waals surface area contributed by atoms with Gasteiger partial charge in [0.1, 0.15) is 13.1 Å². The van der Waals surface area contributed by atoms with Gasteiger partial charge in [-0.3, -0.25) is 0 Å². The van der Waals surface area contributed by atoms with Crippen LogP contribution in [0.15, 0.2) is 42.5 Å². The largest absolute Gasteiger partial charge is 0.407 e. The van der Waals surface area contributed by atoms with Crippen LogP contribution in [0.5, 0.6) is 0 Å². The quantitative estimate of drug-likeness (QED) is 0.169. The normalized spacial score (nSPS) is 35.5. The molecule has 2 aliphatic carbocycles. The fraction of sp³-hybridized carbons (Fsp3) is 0.690. The number of fused-ring (bicyclic) bond motifs is 1. The van der Waals surface area contributed by atoms with E-state index in [0.717, 1.165) is 18.3 Å². The Morgan fingerprint density at radius 3 is 2.34 bits per heavy atom. The van der Waals surface area contributed by atoms with E-state index in [4.69, 9.17) is 18.6 Å². The van der Waals surface area contributed by atoms with E-state index in [2.05, 4.69) is 78.9 Å². The van der Waals surface area contributed by atoms with Crippen LogP contribution in [0.3, 0.4) is 0 Å². The summed E-state index contributed by atoms with van der Waals surface area (Å²) in [6.07, 6.45) is 6.17. The smallest absolute Gasteiger partial charge is 0.193 e. The molecule has 6 heteroatoms. The van der Waals surface area contributed by atoms with Crippen molar-refractivity contribution in [2.24, 2.45) is 23.2 Å². The Labute approximate surface area is 213 Å². The van der Waals surface area contributed by atoms with Gasteiger partial charge in [-0.15, -0.1) is 0 Å². The summed E-state index contributed by atoms with van der Waals surface area (Å²) in [7, 11) is -0.527. The minimum Gasteiger partial charge on any atom is -0.407 e. The van der Waals surface area contributed by atoms with Gasteiger partial charge in [-0.25, -0.2) is 0 Å². The Morgan fingerprint density at radius 1 is 1.11 bits per heavy atom. The average molecular weight is 503 g/mol. The molecule has 196 valence electrons. The SMILES string of the molecule is COCO[C@H]1[C@@H]2C=C[C@@](C)(O[Si](C)(C)C(C)(C)C)[C@](C)(C=O)[C@H]2[C@H](OCc2ccccc2)C[C@@H]1C. The molecular formula is C29H46O5Si. The molecule has 2 aliphatic rings. The number of rotatable bonds is 9. The van der Waals surface area contributed by atoms with Crippen LogP contribution in [0.1, 0.15) is 53.5 Å². The number of ether oxygens (including phenoxy) is 3. The first-order valence-corrected chi connectivity index (χ1v) is 15.8. The highest BCUT2D eigenvalue weighted by Gasteiger charge is 2.62. The molecule has 0 bridgehead atoms. The number of carbonyl (C=O) groups is 1. The van der Waals surface area contributed by atoms with E-state index in [-0.39, 0.29) is 41.8 Å². The van der Waals surface area contributed by atoms with Crippen LogP contribution in [-0.4, -0.2) is 46.3 Å². The summed E-state index contributed by atoms with van der Waals surface area (Å²) in [6.45, 7) is 18.3. The molecule has 0 unspecified atom stereocenters. The fourth-order valence-corrected chi connectivity index (χ4v) is 7.35. The Morgan fingerprint density at radius 2 is 1.77 bits per heavy atom. The molecule has 0 spiro atoms. The molecule has 1 saturated carbocycles. The number of carbonyl (C=O) groups excluding carboxylic acids is 1. The third kappa shape index (κ3) is 5.52. The van der Waals surface area contributed by atoms with E-state index in [9.17, 15) is 4.79 Å². The summed E-state index contributed by atoms with van der Waals surface area (Å²) in [4.78, 5) is 13.1. The second-order valence-corrected chi connectivity index (χ2v) is 17.1. The molecule has 5 nitrogen and oxygen atoms in total. The molecule has 0 aliphatic heterocycles. The predicted molar refractivity (Wildman–Crippen MR) is 143 cm³/mol. The van der Waals surface area contributed by atoms with Gasteiger partial charge in [-0.2, -0.15) is 0 Å². The molecule has 0 amide bonds. The fourth-order valence-electron chi connectivity index (χ4n) is 5.69. The zero-order chi connectivity index (χ0) is 26.1. The van der Waals surface area contributed by atoms with Gasteiger partial charge in [-0.1, -0.05) is 70.2 Å². The van der Waals surface area contributed by atoms with Crippen molar-refractivity contribution >= 4 is 14.6 Å². The molecule has 1 fully saturated rings. The van der Waals surface area contributed by atoms with Gasteiger partial charge < -0.3 is 23.4 Å². The van der Waals surface area contributed by atoms with E-state index in [1.54, 1.807) is 7.11 Å². The van der Waals surface area contributed by atoms with E-state index in [0.29, 0.717) is 6.61 Å². The molecule has 0 radical (unpaired) electrons. The Hall–Kier alpha value is -1.31. The van der Waals surface area contributed by atoms with Gasteiger partial charge in [0, 0.05) is 18.9 Å². The molecular weight excluding hydrogens is 456 g/mol. The van der Waals surface area contributed by atoms with E-state index >= 15 is 0 Å². The van der Waals surface area contributed by atoms with E-state index < -0.39 is 19.3 Å². The zero-order valence-electron chi connectivity index (χ0n) is 23.2. The molecule has 7 atom stereocenters. The molecule has 1 aromatic carbocycles. The lowest BCUT2D eigenvalue weighted by Gasteiger charge is -2.59. The van der Waals surface area contributed by atoms with Crippen LogP contribution in [-0.2, 0) is 30.0 Å². The minimum atomic E-state index is -2.17. The molecule has 0 N–H and O–H groups in total. The predicted octanol–water partition coefficient (Wildman–Crippen LogP) is 6.39. The maximum atomic E-state index is 13.1. The first-order chi connectivity index (χ1) is 16.3. The minimum absolute atomic E-state index is 0.0267. The highest BCUT2D eigenvalue weighted by Crippen LogP contribution is 2.57. The number of hydrogen-bond donors (Lipinski definition) is 0. The third-order valence-electron chi connectivity index (χ3n) is 8.96. The Kier molecular flexibility index (Phi) is 8.55. The average Bonchev–Trinajstić information content (AvgIpc) is 2.79. The number of hydrogen-bond acceptors (Lipinski definition) is 5. The van der Waals surface area contributed by atoms with E-state index in [1.807, 2.05) is 18.2 Å². The molecule has 0 saturated heterocycles. The van der Waals surface area contributed by atoms with Crippen LogP contribution in [0.25, 0.3) is 0 Å². The van der Waals surface area contributed by atoms with Crippen molar-refractivity contribution in [1.29, 1.82) is 0 Å². The number of aldehydes is 1. The lowest BCUT2D eigenvalue weighted by molar-refractivity contribution is -0.198. The Bertz CT molecular complexity index is 879. The maximum absolute atomic E-state index is 13.1. The highest BCUT2D eigenvalue weighted by molar-refractivity contribution is 6.74. The van der Waals surface area contributed by atoms with Gasteiger partial charge >= 0.3 is 0 Å². The zero-order valence-corrected chi connectivity index (χ0v) is 24.2. The van der Waals surface area contributed by atoms with Gasteiger partial charge in [0.05, 0.1) is 29.8 Å². The summed E-state index contributed by atoms with van der Waals surface area (Å²) in [6, 6.07) is 10.2. The van der Waals surface area contributed by atoms with Crippen LogP contribution < -0.4 is 0 Å². The van der Waals surface area contributed by atoms with Crippen LogP contribution >= 0.6 is 0 Å². The lowest BCUT2D eigenvalue weighted by atomic mass is 9.52. The van der Waals surface area contributed by atoms with Crippen molar-refractivity contribution < 1.29 is 23.4 Å². The molecule has 3 rings (SSSR count). The summed E-state index contributed by atoms with van der Waals surface area (Å²) < 4.78 is 25.1. The van der Waals surface area contributed by atoms with Crippen molar-refractivity contribution in [3.8, 4) is 0 Å². The molecule has 35 heavy (non-hydrogen) atoms. The standard InChI is InChI=1S/C29H46O5Si/c1-21-17-24(32-18-22-13-11-10-12-14-22)25-23(26(21)33-20-31-7)15-16-29(6,28(25,5)19-30)34-35(8,9)27(2,3)4/h10-16,19,21,23-26H,17-18,20H2,1-9H3/t21-,23+,24+,25+,26+,28+,29+/m0/s1. The highest BCUT2D eigenvalue weighted by atomic mass is 28.4. The first kappa shape index (κ1) is 28.3. The van der Waals surface area contributed by atoms with Crippen molar-refractivity contribution in [2.75, 3.05) is 13.9 Å². The van der Waals surface area contributed by atoms with Crippen LogP contribution in [0, 0.1) is 23.2 Å². The summed E-state index contributed by atoms with van der Waals surface area (Å²) in [5.74, 6) is 0.209. The van der Waals surface area contributed by atoms with Crippen molar-refractivity contribution in [3.63, 3.8) is 0 Å². The molecule has 0 aromatic heterocycles. The second kappa shape index (κ2) is 10.6. The summed E-state index contributed by atoms with van der Waals surface area (Å²) in [5.41, 5.74) is -0.383. The topological polar surface area (TPSA) is 54.0 Å².